The predicted molar refractivity (Wildman–Crippen MR) is 39.3 cm³/mol. The van der Waals surface area contributed by atoms with Gasteiger partial charge in [0.15, 0.2) is 11.0 Å². The van der Waals surface area contributed by atoms with Crippen molar-refractivity contribution in [1.29, 1.82) is 0 Å². The number of hydrogen-bond donors (Lipinski definition) is 0. The van der Waals surface area contributed by atoms with Crippen LogP contribution in [0.1, 0.15) is 5.56 Å². The van der Waals surface area contributed by atoms with Gasteiger partial charge in [-0.25, -0.2) is 9.37 Å². The van der Waals surface area contributed by atoms with Crippen molar-refractivity contribution in [1.82, 2.24) is 4.98 Å². The van der Waals surface area contributed by atoms with Crippen LogP contribution < -0.4 is 0 Å². The summed E-state index contributed by atoms with van der Waals surface area (Å²) in [4.78, 5) is 3.53. The van der Waals surface area contributed by atoms with E-state index in [9.17, 15) is 4.39 Å². The van der Waals surface area contributed by atoms with Crippen molar-refractivity contribution in [2.75, 3.05) is 0 Å². The van der Waals surface area contributed by atoms with E-state index in [1.165, 1.54) is 18.3 Å². The Bertz CT molecular complexity index is 260. The molecule has 0 radical (unpaired) electrons. The van der Waals surface area contributed by atoms with Crippen LogP contribution >= 0.6 is 11.6 Å². The standard InChI is InChI=1S/C7H5ClFN/c1-2-5-3-4-10-7(8)6(5)9/h2-4H,1H2. The molecule has 0 amide bonds. The van der Waals surface area contributed by atoms with E-state index in [-0.39, 0.29) is 5.15 Å². The van der Waals surface area contributed by atoms with Gasteiger partial charge in [0.25, 0.3) is 0 Å². The third kappa shape index (κ3) is 1.16. The molecule has 0 saturated heterocycles. The quantitative estimate of drug-likeness (QED) is 0.571. The first kappa shape index (κ1) is 7.22. The van der Waals surface area contributed by atoms with Crippen LogP contribution in [0.15, 0.2) is 18.8 Å². The smallest absolute Gasteiger partial charge is 0.167 e. The Kier molecular flexibility index (Phi) is 2.02. The SMILES string of the molecule is C=Cc1ccnc(Cl)c1F. The van der Waals surface area contributed by atoms with E-state index in [0.29, 0.717) is 5.56 Å². The number of nitrogens with zero attached hydrogens (tertiary/aromatic N) is 1. The van der Waals surface area contributed by atoms with Crippen molar-refractivity contribution in [3.63, 3.8) is 0 Å². The van der Waals surface area contributed by atoms with Crippen LogP contribution in [0, 0.1) is 5.82 Å². The normalized spacial score (nSPS) is 9.40. The van der Waals surface area contributed by atoms with E-state index in [1.54, 1.807) is 0 Å². The monoisotopic (exact) mass is 157 g/mol. The number of rotatable bonds is 1. The summed E-state index contributed by atoms with van der Waals surface area (Å²) in [6.45, 7) is 3.41. The van der Waals surface area contributed by atoms with Gasteiger partial charge in [-0.05, 0) is 6.07 Å². The molecule has 1 rings (SSSR count). The highest BCUT2D eigenvalue weighted by Crippen LogP contribution is 2.14. The minimum atomic E-state index is -0.515. The Balaban J connectivity index is 3.27. The van der Waals surface area contributed by atoms with Gasteiger partial charge in [-0.15, -0.1) is 0 Å². The van der Waals surface area contributed by atoms with Crippen LogP contribution in [-0.4, -0.2) is 4.98 Å². The fourth-order valence-corrected chi connectivity index (χ4v) is 0.755. The zero-order valence-corrected chi connectivity index (χ0v) is 5.90. The van der Waals surface area contributed by atoms with Gasteiger partial charge < -0.3 is 0 Å². The van der Waals surface area contributed by atoms with Gasteiger partial charge in [0.1, 0.15) is 0 Å². The molecule has 52 valence electrons. The molecule has 0 saturated carbocycles. The summed E-state index contributed by atoms with van der Waals surface area (Å²) in [6.07, 6.45) is 2.82. The van der Waals surface area contributed by atoms with Gasteiger partial charge in [-0.1, -0.05) is 24.3 Å². The van der Waals surface area contributed by atoms with Crippen molar-refractivity contribution in [2.45, 2.75) is 0 Å². The van der Waals surface area contributed by atoms with Gasteiger partial charge in [-0.2, -0.15) is 0 Å². The molecule has 3 heteroatoms. The summed E-state index contributed by atoms with van der Waals surface area (Å²) in [5.41, 5.74) is 0.375. The lowest BCUT2D eigenvalue weighted by Gasteiger charge is -1.95. The highest BCUT2D eigenvalue weighted by molar-refractivity contribution is 6.29. The highest BCUT2D eigenvalue weighted by atomic mass is 35.5. The molecule has 0 spiro atoms. The Hall–Kier alpha value is -0.890. The molecule has 1 nitrogen and oxygen atoms in total. The van der Waals surface area contributed by atoms with E-state index in [4.69, 9.17) is 11.6 Å². The summed E-state index contributed by atoms with van der Waals surface area (Å²) in [5, 5.41) is -0.114. The van der Waals surface area contributed by atoms with Crippen molar-refractivity contribution in [3.8, 4) is 0 Å². The first-order valence-electron chi connectivity index (χ1n) is 2.68. The van der Waals surface area contributed by atoms with E-state index < -0.39 is 5.82 Å². The number of hydrogen-bond acceptors (Lipinski definition) is 1. The topological polar surface area (TPSA) is 12.9 Å². The van der Waals surface area contributed by atoms with E-state index in [1.807, 2.05) is 0 Å². The maximum atomic E-state index is 12.7. The lowest BCUT2D eigenvalue weighted by atomic mass is 10.2. The van der Waals surface area contributed by atoms with Crippen LogP contribution in [0.2, 0.25) is 5.15 Å². The molecule has 0 N–H and O–H groups in total. The Morgan fingerprint density at radius 3 is 2.90 bits per heavy atom. The molecule has 0 aliphatic carbocycles. The van der Waals surface area contributed by atoms with Crippen LogP contribution in [-0.2, 0) is 0 Å². The molecule has 0 aliphatic rings. The summed E-state index contributed by atoms with van der Waals surface area (Å²) < 4.78 is 12.7. The van der Waals surface area contributed by atoms with E-state index in [0.717, 1.165) is 0 Å². The van der Waals surface area contributed by atoms with Gasteiger partial charge in [0, 0.05) is 11.8 Å². The molecule has 10 heavy (non-hydrogen) atoms. The highest BCUT2D eigenvalue weighted by Gasteiger charge is 2.02. The molecular formula is C7H5ClFN. The van der Waals surface area contributed by atoms with Crippen molar-refractivity contribution < 1.29 is 4.39 Å². The third-order valence-electron chi connectivity index (χ3n) is 1.10. The maximum absolute atomic E-state index is 12.7. The summed E-state index contributed by atoms with van der Waals surface area (Å²) in [5.74, 6) is -0.515. The maximum Gasteiger partial charge on any atom is 0.167 e. The minimum Gasteiger partial charge on any atom is -0.242 e. The Morgan fingerprint density at radius 2 is 2.40 bits per heavy atom. The predicted octanol–water partition coefficient (Wildman–Crippen LogP) is 2.52. The second-order valence-corrected chi connectivity index (χ2v) is 2.07. The Morgan fingerprint density at radius 1 is 1.70 bits per heavy atom. The molecule has 0 bridgehead atoms. The lowest BCUT2D eigenvalue weighted by molar-refractivity contribution is 0.619. The van der Waals surface area contributed by atoms with Crippen molar-refractivity contribution >= 4 is 17.7 Å². The molecule has 0 aromatic carbocycles. The van der Waals surface area contributed by atoms with Gasteiger partial charge in [-0.3, -0.25) is 0 Å². The van der Waals surface area contributed by atoms with Gasteiger partial charge in [0.2, 0.25) is 0 Å². The zero-order chi connectivity index (χ0) is 7.56. The van der Waals surface area contributed by atoms with E-state index >= 15 is 0 Å². The second kappa shape index (κ2) is 2.80. The van der Waals surface area contributed by atoms with Crippen LogP contribution in [0.25, 0.3) is 6.08 Å². The summed E-state index contributed by atoms with van der Waals surface area (Å²) in [7, 11) is 0. The fraction of sp³-hybridized carbons (Fsp3) is 0. The largest absolute Gasteiger partial charge is 0.242 e. The minimum absolute atomic E-state index is 0.114. The average molecular weight is 158 g/mol. The second-order valence-electron chi connectivity index (χ2n) is 1.71. The number of halogens is 2. The molecule has 1 aromatic heterocycles. The molecule has 0 unspecified atom stereocenters. The van der Waals surface area contributed by atoms with Crippen LogP contribution in [0.4, 0.5) is 4.39 Å². The van der Waals surface area contributed by atoms with Gasteiger partial charge >= 0.3 is 0 Å². The molecule has 1 heterocycles. The fourth-order valence-electron chi connectivity index (χ4n) is 0.590. The number of pyridine rings is 1. The molecular weight excluding hydrogens is 153 g/mol. The summed E-state index contributed by atoms with van der Waals surface area (Å²) >= 11 is 5.36. The van der Waals surface area contributed by atoms with Crippen LogP contribution in [0.5, 0.6) is 0 Å². The van der Waals surface area contributed by atoms with Crippen molar-refractivity contribution in [3.05, 3.63) is 35.4 Å². The molecule has 0 aliphatic heterocycles. The Labute approximate surface area is 63.2 Å². The first-order chi connectivity index (χ1) is 4.75. The van der Waals surface area contributed by atoms with E-state index in [2.05, 4.69) is 11.6 Å². The van der Waals surface area contributed by atoms with Crippen LogP contribution in [0.3, 0.4) is 0 Å². The lowest BCUT2D eigenvalue weighted by Crippen LogP contribution is -1.85. The molecule has 0 fully saturated rings. The van der Waals surface area contributed by atoms with Crippen molar-refractivity contribution in [2.24, 2.45) is 0 Å². The molecule has 0 atom stereocenters. The zero-order valence-electron chi connectivity index (χ0n) is 5.14. The molecule has 1 aromatic rings. The van der Waals surface area contributed by atoms with Gasteiger partial charge in [0.05, 0.1) is 0 Å². The average Bonchev–Trinajstić information content (AvgIpc) is 1.95. The summed E-state index contributed by atoms with van der Waals surface area (Å²) in [6, 6.07) is 1.51. The third-order valence-corrected chi connectivity index (χ3v) is 1.36. The number of aromatic nitrogens is 1. The first-order valence-corrected chi connectivity index (χ1v) is 3.06.